The highest BCUT2D eigenvalue weighted by Crippen LogP contribution is 2.55. The molecule has 0 aliphatic carbocycles. The molecule has 0 aliphatic heterocycles. The maximum atomic E-state index is 14.9. The van der Waals surface area contributed by atoms with Crippen LogP contribution in [-0.4, -0.2) is 8.80 Å². The van der Waals surface area contributed by atoms with Crippen molar-refractivity contribution in [1.82, 2.24) is 8.80 Å². The van der Waals surface area contributed by atoms with E-state index in [9.17, 15) is 26.3 Å². The number of rotatable bonds is 2. The lowest BCUT2D eigenvalue weighted by molar-refractivity contribution is -0.138. The highest BCUT2D eigenvalue weighted by molar-refractivity contribution is 6.46. The quantitative estimate of drug-likeness (QED) is 0.153. The van der Waals surface area contributed by atoms with Gasteiger partial charge in [-0.2, -0.15) is 26.3 Å². The van der Waals surface area contributed by atoms with E-state index in [4.69, 9.17) is 0 Å². The van der Waals surface area contributed by atoms with Gasteiger partial charge in [0.05, 0.1) is 44.2 Å². The van der Waals surface area contributed by atoms with Crippen molar-refractivity contribution >= 4 is 76.2 Å². The van der Waals surface area contributed by atoms with Crippen LogP contribution in [0.25, 0.3) is 98.4 Å². The Morgan fingerprint density at radius 3 is 0.912 bits per heavy atom. The van der Waals surface area contributed by atoms with Gasteiger partial charge in [-0.25, -0.2) is 0 Å². The smallest absolute Gasteiger partial charge is 0.307 e. The van der Waals surface area contributed by atoms with E-state index in [1.54, 1.807) is 12.1 Å². The normalized spacial score (nSPS) is 14.0. The molecule has 0 aliphatic rings. The molecule has 68 heavy (non-hydrogen) atoms. The van der Waals surface area contributed by atoms with Crippen molar-refractivity contribution in [3.05, 3.63) is 143 Å². The molecule has 2 nitrogen and oxygen atoms in total. The Labute approximate surface area is 391 Å². The van der Waals surface area contributed by atoms with E-state index >= 15 is 0 Å². The van der Waals surface area contributed by atoms with Gasteiger partial charge < -0.3 is 8.80 Å². The number of fused-ring (bicyclic) bond motifs is 14. The third-order valence-corrected chi connectivity index (χ3v) is 14.6. The van der Waals surface area contributed by atoms with Crippen molar-refractivity contribution in [2.75, 3.05) is 0 Å². The first kappa shape index (κ1) is 44.2. The Bertz CT molecular complexity index is 3580. The summed E-state index contributed by atoms with van der Waals surface area (Å²) in [7, 11) is 0. The summed E-state index contributed by atoms with van der Waals surface area (Å²) in [6.45, 7) is 26.1. The average molecular weight is 917 g/mol. The molecule has 11 rings (SSSR count). The second-order valence-corrected chi connectivity index (χ2v) is 23.3. The van der Waals surface area contributed by atoms with Gasteiger partial charge in [0.2, 0.25) is 0 Å². The van der Waals surface area contributed by atoms with E-state index in [1.165, 1.54) is 12.1 Å². The highest BCUT2D eigenvalue weighted by Gasteiger charge is 2.36. The summed E-state index contributed by atoms with van der Waals surface area (Å²) in [5.41, 5.74) is 9.60. The lowest BCUT2D eigenvalue weighted by atomic mass is 9.78. The lowest BCUT2D eigenvalue weighted by Crippen LogP contribution is -2.16. The SMILES string of the molecule is CC(C)(C)c1cc(-c2cccc3c4c5c6ccc(C(F)(F)F)cc6n6c7c(-c8cc(C(C)(C)C)cc(C(C)(C)C)c8)cccc7c(c7c8ccc(C(F)(F)F)cc8n(c23)c74)c56)cc(C(C)(C)C)c1. The van der Waals surface area contributed by atoms with E-state index in [0.717, 1.165) is 111 Å². The predicted molar refractivity (Wildman–Crippen MR) is 271 cm³/mol. The van der Waals surface area contributed by atoms with Crippen molar-refractivity contribution in [2.24, 2.45) is 0 Å². The van der Waals surface area contributed by atoms with Gasteiger partial charge in [0.15, 0.2) is 0 Å². The second-order valence-electron chi connectivity index (χ2n) is 23.3. The first-order valence-electron chi connectivity index (χ1n) is 23.4. The van der Waals surface area contributed by atoms with Gasteiger partial charge in [0.1, 0.15) is 0 Å². The number of hydrogen-bond acceptors (Lipinski definition) is 0. The third-order valence-electron chi connectivity index (χ3n) is 14.6. The van der Waals surface area contributed by atoms with Crippen LogP contribution in [0.2, 0.25) is 0 Å². The van der Waals surface area contributed by atoms with Crippen LogP contribution in [-0.2, 0) is 34.0 Å². The molecule has 0 spiro atoms. The van der Waals surface area contributed by atoms with E-state index in [1.807, 2.05) is 45.2 Å². The standard InChI is InChI=1S/C60H54F6N2/c1-55(2,3)35-23-31(24-36(27-35)56(4,5)6)39-15-13-17-43-49-47-42-22-20-34(60(64,65)66)30-46(42)68-52-40(32-25-37(57(7,8)9)28-38(26-32)58(10,11)12)16-14-18-44(52)50(54(47)68)48-41-21-19-33(59(61,62)63)29-45(41)67(51(39)43)53(48)49/h13-30H,1-12H3. The van der Waals surface area contributed by atoms with E-state index < -0.39 is 23.5 Å². The van der Waals surface area contributed by atoms with Gasteiger partial charge in [-0.1, -0.05) is 168 Å². The van der Waals surface area contributed by atoms with Gasteiger partial charge in [0, 0.05) is 54.2 Å². The van der Waals surface area contributed by atoms with Crippen LogP contribution in [0, 0.1) is 0 Å². The Hall–Kier alpha value is -6.28. The molecule has 0 atom stereocenters. The van der Waals surface area contributed by atoms with Crippen LogP contribution >= 0.6 is 0 Å². The molecular formula is C60H54F6N2. The summed E-state index contributed by atoms with van der Waals surface area (Å²) in [6, 6.07) is 33.5. The van der Waals surface area contributed by atoms with Crippen LogP contribution < -0.4 is 0 Å². The zero-order valence-electron chi connectivity index (χ0n) is 40.6. The molecule has 346 valence electrons. The molecule has 0 saturated heterocycles. The molecule has 4 heterocycles. The van der Waals surface area contributed by atoms with Crippen molar-refractivity contribution in [2.45, 2.75) is 117 Å². The van der Waals surface area contributed by atoms with E-state index in [0.29, 0.717) is 21.8 Å². The number of hydrogen-bond donors (Lipinski definition) is 0. The highest BCUT2D eigenvalue weighted by atomic mass is 19.4. The number of para-hydroxylation sites is 2. The molecule has 11 aromatic rings. The summed E-state index contributed by atoms with van der Waals surface area (Å²) >= 11 is 0. The minimum atomic E-state index is -4.61. The number of nitrogens with zero attached hydrogens (tertiary/aromatic N) is 2. The lowest BCUT2D eigenvalue weighted by Gasteiger charge is -2.26. The Balaban J connectivity index is 1.41. The maximum Gasteiger partial charge on any atom is 0.416 e. The average Bonchev–Trinajstić information content (AvgIpc) is 3.97. The summed E-state index contributed by atoms with van der Waals surface area (Å²) in [5.74, 6) is 0. The van der Waals surface area contributed by atoms with Crippen molar-refractivity contribution in [3.63, 3.8) is 0 Å². The van der Waals surface area contributed by atoms with Crippen molar-refractivity contribution in [1.29, 1.82) is 0 Å². The van der Waals surface area contributed by atoms with Crippen LogP contribution in [0.4, 0.5) is 26.3 Å². The topological polar surface area (TPSA) is 8.82 Å². The Morgan fingerprint density at radius 1 is 0.309 bits per heavy atom. The number of aromatic nitrogens is 2. The van der Waals surface area contributed by atoms with Gasteiger partial charge >= 0.3 is 12.4 Å². The Kier molecular flexibility index (Phi) is 8.91. The minimum absolute atomic E-state index is 0.213. The Morgan fingerprint density at radius 2 is 0.618 bits per heavy atom. The molecule has 0 N–H and O–H groups in total. The summed E-state index contributed by atoms with van der Waals surface area (Å²) < 4.78 is 93.5. The number of halogens is 6. The van der Waals surface area contributed by atoms with Crippen LogP contribution in [0.1, 0.15) is 116 Å². The molecule has 0 amide bonds. The van der Waals surface area contributed by atoms with Crippen molar-refractivity contribution < 1.29 is 26.3 Å². The molecule has 7 aromatic carbocycles. The molecular weight excluding hydrogens is 863 g/mol. The number of benzene rings is 7. The molecule has 0 bridgehead atoms. The maximum absolute atomic E-state index is 14.9. The zero-order chi connectivity index (χ0) is 48.7. The largest absolute Gasteiger partial charge is 0.416 e. The van der Waals surface area contributed by atoms with Crippen LogP contribution in [0.3, 0.4) is 0 Å². The fraction of sp³-hybridized carbons (Fsp3) is 0.300. The van der Waals surface area contributed by atoms with E-state index in [2.05, 4.69) is 119 Å². The zero-order valence-corrected chi connectivity index (χ0v) is 40.6. The third kappa shape index (κ3) is 6.38. The monoisotopic (exact) mass is 916 g/mol. The summed E-state index contributed by atoms with van der Waals surface area (Å²) in [6.07, 6.45) is -9.23. The molecule has 0 saturated carbocycles. The van der Waals surface area contributed by atoms with Gasteiger partial charge in [0.25, 0.3) is 0 Å². The molecule has 0 fully saturated rings. The fourth-order valence-electron chi connectivity index (χ4n) is 10.9. The minimum Gasteiger partial charge on any atom is -0.307 e. The van der Waals surface area contributed by atoms with Crippen molar-refractivity contribution in [3.8, 4) is 22.3 Å². The van der Waals surface area contributed by atoms with Crippen LogP contribution in [0.15, 0.2) is 109 Å². The summed E-state index contributed by atoms with van der Waals surface area (Å²) in [4.78, 5) is 0. The van der Waals surface area contributed by atoms with E-state index in [-0.39, 0.29) is 21.7 Å². The first-order valence-corrected chi connectivity index (χ1v) is 23.4. The van der Waals surface area contributed by atoms with Gasteiger partial charge in [-0.3, -0.25) is 0 Å². The molecule has 4 aromatic heterocycles. The molecule has 8 heteroatoms. The first-order chi connectivity index (χ1) is 31.5. The number of alkyl halides is 6. The van der Waals surface area contributed by atoms with Gasteiger partial charge in [-0.05, 0) is 79.3 Å². The fourth-order valence-corrected chi connectivity index (χ4v) is 10.9. The van der Waals surface area contributed by atoms with Crippen LogP contribution in [0.5, 0.6) is 0 Å². The second kappa shape index (κ2) is 13.7. The predicted octanol–water partition coefficient (Wildman–Crippen LogP) is 18.5. The molecule has 0 unspecified atom stereocenters. The van der Waals surface area contributed by atoms with Gasteiger partial charge in [-0.15, -0.1) is 0 Å². The summed E-state index contributed by atoms with van der Waals surface area (Å²) in [5, 5.41) is 6.04. The molecule has 0 radical (unpaired) electrons.